The van der Waals surface area contributed by atoms with Crippen LogP contribution in [0.1, 0.15) is 19.3 Å². The molecule has 1 aliphatic heterocycles. The van der Waals surface area contributed by atoms with E-state index in [1.807, 2.05) is 4.90 Å². The fourth-order valence-electron chi connectivity index (χ4n) is 2.86. The lowest BCUT2D eigenvalue weighted by molar-refractivity contribution is -0.132. The van der Waals surface area contributed by atoms with Crippen LogP contribution in [0.2, 0.25) is 0 Å². The van der Waals surface area contributed by atoms with Gasteiger partial charge in [-0.1, -0.05) is 12.2 Å². The Balaban J connectivity index is 1.50. The van der Waals surface area contributed by atoms with Gasteiger partial charge in [-0.2, -0.15) is 0 Å². The molecule has 1 aromatic rings. The van der Waals surface area contributed by atoms with Gasteiger partial charge in [0.1, 0.15) is 5.82 Å². The number of rotatable bonds is 3. The van der Waals surface area contributed by atoms with E-state index in [1.165, 1.54) is 0 Å². The van der Waals surface area contributed by atoms with Gasteiger partial charge in [0.2, 0.25) is 5.91 Å². The average Bonchev–Trinajstić information content (AvgIpc) is 3.01. The molecule has 1 aliphatic carbocycles. The minimum absolute atomic E-state index is 0.292. The molecule has 0 unspecified atom stereocenters. The molecule has 3 rings (SSSR count). The zero-order valence-corrected chi connectivity index (χ0v) is 11.6. The second-order valence-corrected chi connectivity index (χ2v) is 5.40. The van der Waals surface area contributed by atoms with Crippen LogP contribution in [0, 0.1) is 5.92 Å². The van der Waals surface area contributed by atoms with E-state index in [4.69, 9.17) is 0 Å². The van der Waals surface area contributed by atoms with Gasteiger partial charge in [-0.3, -0.25) is 9.78 Å². The summed E-state index contributed by atoms with van der Waals surface area (Å²) in [7, 11) is 0. The highest BCUT2D eigenvalue weighted by Gasteiger charge is 2.24. The fourth-order valence-corrected chi connectivity index (χ4v) is 2.86. The van der Waals surface area contributed by atoms with E-state index in [2.05, 4.69) is 27.0 Å². The molecule has 0 aromatic carbocycles. The lowest BCUT2D eigenvalue weighted by Crippen LogP contribution is -2.49. The molecule has 1 aromatic heterocycles. The van der Waals surface area contributed by atoms with Gasteiger partial charge in [-0.05, 0) is 18.8 Å². The van der Waals surface area contributed by atoms with Crippen molar-refractivity contribution >= 4 is 11.7 Å². The molecular weight excluding hydrogens is 252 g/mol. The summed E-state index contributed by atoms with van der Waals surface area (Å²) in [5.74, 6) is 1.65. The van der Waals surface area contributed by atoms with E-state index in [1.54, 1.807) is 18.6 Å². The number of carbonyl (C=O) groups excluding carboxylic acids is 1. The molecule has 0 spiro atoms. The minimum atomic E-state index is 0.292. The monoisotopic (exact) mass is 272 g/mol. The second kappa shape index (κ2) is 6.03. The maximum atomic E-state index is 12.2. The topological polar surface area (TPSA) is 49.3 Å². The summed E-state index contributed by atoms with van der Waals surface area (Å²) < 4.78 is 0. The van der Waals surface area contributed by atoms with Crippen molar-refractivity contribution in [2.45, 2.75) is 19.3 Å². The van der Waals surface area contributed by atoms with Crippen molar-refractivity contribution in [1.82, 2.24) is 14.9 Å². The molecule has 1 saturated heterocycles. The van der Waals surface area contributed by atoms with Gasteiger partial charge >= 0.3 is 0 Å². The number of allylic oxidation sites excluding steroid dienone is 2. The summed E-state index contributed by atoms with van der Waals surface area (Å²) in [5, 5.41) is 0. The van der Waals surface area contributed by atoms with Crippen molar-refractivity contribution in [1.29, 1.82) is 0 Å². The minimum Gasteiger partial charge on any atom is -0.352 e. The molecule has 1 fully saturated rings. The lowest BCUT2D eigenvalue weighted by atomic mass is 10.0. The van der Waals surface area contributed by atoms with Gasteiger partial charge in [0.25, 0.3) is 0 Å². The first-order chi connectivity index (χ1) is 9.83. The van der Waals surface area contributed by atoms with Crippen molar-refractivity contribution in [3.63, 3.8) is 0 Å². The lowest BCUT2D eigenvalue weighted by Gasteiger charge is -2.35. The second-order valence-electron chi connectivity index (χ2n) is 5.40. The van der Waals surface area contributed by atoms with E-state index < -0.39 is 0 Å². The Morgan fingerprint density at radius 3 is 2.75 bits per heavy atom. The van der Waals surface area contributed by atoms with E-state index in [0.717, 1.165) is 44.8 Å². The summed E-state index contributed by atoms with van der Waals surface area (Å²) in [4.78, 5) is 24.8. The number of carbonyl (C=O) groups is 1. The molecule has 0 saturated carbocycles. The van der Waals surface area contributed by atoms with Crippen molar-refractivity contribution in [2.24, 2.45) is 5.92 Å². The van der Waals surface area contributed by atoms with Crippen LogP contribution >= 0.6 is 0 Å². The Kier molecular flexibility index (Phi) is 3.95. The van der Waals surface area contributed by atoms with Crippen LogP contribution in [0.3, 0.4) is 0 Å². The van der Waals surface area contributed by atoms with Crippen LogP contribution in [0.5, 0.6) is 0 Å². The van der Waals surface area contributed by atoms with Gasteiger partial charge in [-0.25, -0.2) is 4.98 Å². The number of anilines is 1. The highest BCUT2D eigenvalue weighted by molar-refractivity contribution is 5.77. The molecule has 2 aliphatic rings. The molecule has 106 valence electrons. The number of piperazine rings is 1. The summed E-state index contributed by atoms with van der Waals surface area (Å²) in [6.07, 6.45) is 12.5. The Labute approximate surface area is 119 Å². The molecule has 1 atom stereocenters. The first-order valence-corrected chi connectivity index (χ1v) is 7.28. The Morgan fingerprint density at radius 2 is 2.10 bits per heavy atom. The van der Waals surface area contributed by atoms with Gasteiger partial charge < -0.3 is 9.80 Å². The Hall–Kier alpha value is -1.91. The smallest absolute Gasteiger partial charge is 0.223 e. The summed E-state index contributed by atoms with van der Waals surface area (Å²) in [6.45, 7) is 3.24. The highest BCUT2D eigenvalue weighted by atomic mass is 16.2. The number of hydrogen-bond acceptors (Lipinski definition) is 4. The quantitative estimate of drug-likeness (QED) is 0.782. The number of nitrogens with zero attached hydrogens (tertiary/aromatic N) is 4. The number of hydrogen-bond donors (Lipinski definition) is 0. The number of amides is 1. The van der Waals surface area contributed by atoms with Crippen LogP contribution in [0.15, 0.2) is 30.7 Å². The van der Waals surface area contributed by atoms with E-state index in [0.29, 0.717) is 18.2 Å². The average molecular weight is 272 g/mol. The fraction of sp³-hybridized carbons (Fsp3) is 0.533. The maximum Gasteiger partial charge on any atom is 0.223 e. The van der Waals surface area contributed by atoms with E-state index >= 15 is 0 Å². The van der Waals surface area contributed by atoms with Crippen LogP contribution in [-0.2, 0) is 4.79 Å². The summed E-state index contributed by atoms with van der Waals surface area (Å²) in [6, 6.07) is 0. The zero-order valence-electron chi connectivity index (χ0n) is 11.6. The van der Waals surface area contributed by atoms with Crippen LogP contribution in [-0.4, -0.2) is 47.0 Å². The molecule has 0 radical (unpaired) electrons. The molecule has 5 nitrogen and oxygen atoms in total. The Morgan fingerprint density at radius 1 is 1.25 bits per heavy atom. The zero-order chi connectivity index (χ0) is 13.8. The summed E-state index contributed by atoms with van der Waals surface area (Å²) in [5.41, 5.74) is 0. The molecule has 5 heteroatoms. The molecule has 2 heterocycles. The predicted octanol–water partition coefficient (Wildman–Crippen LogP) is 1.48. The van der Waals surface area contributed by atoms with Crippen LogP contribution in [0.4, 0.5) is 5.82 Å². The van der Waals surface area contributed by atoms with Gasteiger partial charge in [0.05, 0.1) is 6.20 Å². The van der Waals surface area contributed by atoms with Crippen LogP contribution in [0.25, 0.3) is 0 Å². The van der Waals surface area contributed by atoms with Crippen molar-refractivity contribution in [3.05, 3.63) is 30.7 Å². The van der Waals surface area contributed by atoms with Crippen molar-refractivity contribution in [2.75, 3.05) is 31.1 Å². The molecular formula is C15H20N4O. The third-order valence-corrected chi connectivity index (χ3v) is 4.06. The Bertz CT molecular complexity index is 480. The molecule has 20 heavy (non-hydrogen) atoms. The van der Waals surface area contributed by atoms with Crippen molar-refractivity contribution in [3.8, 4) is 0 Å². The highest BCUT2D eigenvalue weighted by Crippen LogP contribution is 2.22. The maximum absolute atomic E-state index is 12.2. The normalized spacial score (nSPS) is 22.3. The molecule has 0 bridgehead atoms. The van der Waals surface area contributed by atoms with E-state index in [-0.39, 0.29) is 0 Å². The van der Waals surface area contributed by atoms with Crippen molar-refractivity contribution < 1.29 is 4.79 Å². The SMILES string of the molecule is O=C(C[C@H]1C=CCC1)N1CCN(c2cnccn2)CC1. The molecule has 1 amide bonds. The first kappa shape index (κ1) is 13.1. The first-order valence-electron chi connectivity index (χ1n) is 7.28. The van der Waals surface area contributed by atoms with E-state index in [9.17, 15) is 4.79 Å². The molecule has 0 N–H and O–H groups in total. The number of aromatic nitrogens is 2. The third kappa shape index (κ3) is 2.98. The summed E-state index contributed by atoms with van der Waals surface area (Å²) >= 11 is 0. The van der Waals surface area contributed by atoms with Gasteiger partial charge in [0, 0.05) is 45.0 Å². The van der Waals surface area contributed by atoms with Gasteiger partial charge in [-0.15, -0.1) is 0 Å². The standard InChI is InChI=1S/C15H20N4O/c20-15(11-13-3-1-2-4-13)19-9-7-18(8-10-19)14-12-16-5-6-17-14/h1,3,5-6,12-13H,2,4,7-11H2/t13-/m0/s1. The largest absolute Gasteiger partial charge is 0.352 e. The third-order valence-electron chi connectivity index (χ3n) is 4.06. The van der Waals surface area contributed by atoms with Gasteiger partial charge in [0.15, 0.2) is 0 Å². The van der Waals surface area contributed by atoms with Crippen LogP contribution < -0.4 is 4.90 Å². The predicted molar refractivity (Wildman–Crippen MR) is 77.3 cm³/mol.